The van der Waals surface area contributed by atoms with E-state index >= 15 is 0 Å². The quantitative estimate of drug-likeness (QED) is 0.637. The number of rotatable bonds is 4. The fourth-order valence-electron chi connectivity index (χ4n) is 1.14. The van der Waals surface area contributed by atoms with Crippen molar-refractivity contribution in [3.63, 3.8) is 0 Å². The minimum absolute atomic E-state index is 0.173. The predicted molar refractivity (Wildman–Crippen MR) is 56.0 cm³/mol. The summed E-state index contributed by atoms with van der Waals surface area (Å²) in [5, 5.41) is 11.7. The molecule has 0 unspecified atom stereocenters. The number of amides is 1. The number of carbonyl (C=O) groups is 1. The normalized spacial score (nSPS) is 9.93. The molecule has 15 heavy (non-hydrogen) atoms. The molecule has 0 atom stereocenters. The molecule has 5 heteroatoms. The molecule has 0 spiro atoms. The van der Waals surface area contributed by atoms with Gasteiger partial charge >= 0.3 is 0 Å². The zero-order valence-electron chi connectivity index (χ0n) is 8.54. The summed E-state index contributed by atoms with van der Waals surface area (Å²) in [5.74, 6) is -0.645. The summed E-state index contributed by atoms with van der Waals surface area (Å²) in [4.78, 5) is 24.6. The second kappa shape index (κ2) is 5.19. The maximum atomic E-state index is 11.4. The van der Waals surface area contributed by atoms with Crippen molar-refractivity contribution in [1.82, 2.24) is 10.3 Å². The van der Waals surface area contributed by atoms with Gasteiger partial charge in [-0.2, -0.15) is 0 Å². The molecule has 0 aromatic carbocycles. The van der Waals surface area contributed by atoms with E-state index in [1.807, 2.05) is 6.92 Å². The molecule has 0 radical (unpaired) electrons. The molecule has 0 aliphatic heterocycles. The lowest BCUT2D eigenvalue weighted by atomic mass is 10.2. The van der Waals surface area contributed by atoms with Crippen LogP contribution in [0.15, 0.2) is 16.9 Å². The number of aromatic hydroxyl groups is 1. The lowest BCUT2D eigenvalue weighted by Gasteiger charge is -2.03. The monoisotopic (exact) mass is 210 g/mol. The minimum atomic E-state index is -0.490. The van der Waals surface area contributed by atoms with Crippen LogP contribution in [0.25, 0.3) is 0 Å². The van der Waals surface area contributed by atoms with Crippen molar-refractivity contribution in [3.05, 3.63) is 28.0 Å². The first-order valence-electron chi connectivity index (χ1n) is 4.85. The summed E-state index contributed by atoms with van der Waals surface area (Å²) in [6, 6.07) is 2.38. The molecule has 5 nitrogen and oxygen atoms in total. The fourth-order valence-corrected chi connectivity index (χ4v) is 1.14. The van der Waals surface area contributed by atoms with Crippen LogP contribution in [0.3, 0.4) is 0 Å². The standard InChI is InChI=1S/C10H14N2O3/c1-2-3-4-11-10(15)7-5-8(13)12-9(14)6-7/h5-6H,2-4H2,1H3,(H,11,15)(H2,12,13,14). The van der Waals surface area contributed by atoms with Crippen LogP contribution in [0.2, 0.25) is 0 Å². The Morgan fingerprint density at radius 3 is 2.87 bits per heavy atom. The summed E-state index contributed by atoms with van der Waals surface area (Å²) in [6.07, 6.45) is 1.88. The van der Waals surface area contributed by atoms with Gasteiger partial charge in [-0.05, 0) is 6.42 Å². The van der Waals surface area contributed by atoms with Crippen molar-refractivity contribution in [2.24, 2.45) is 0 Å². The summed E-state index contributed by atoms with van der Waals surface area (Å²) in [7, 11) is 0. The number of aromatic nitrogens is 1. The first kappa shape index (κ1) is 11.3. The van der Waals surface area contributed by atoms with Crippen LogP contribution in [0, 0.1) is 0 Å². The third-order valence-electron chi connectivity index (χ3n) is 1.91. The van der Waals surface area contributed by atoms with Gasteiger partial charge in [0, 0.05) is 18.7 Å². The molecule has 1 aromatic heterocycles. The van der Waals surface area contributed by atoms with E-state index < -0.39 is 5.56 Å². The zero-order valence-corrected chi connectivity index (χ0v) is 8.54. The van der Waals surface area contributed by atoms with Crippen molar-refractivity contribution in [2.45, 2.75) is 19.8 Å². The molecule has 0 saturated carbocycles. The van der Waals surface area contributed by atoms with E-state index in [1.165, 1.54) is 6.07 Å². The summed E-state index contributed by atoms with van der Waals surface area (Å²) < 4.78 is 0. The lowest BCUT2D eigenvalue weighted by Crippen LogP contribution is -2.25. The lowest BCUT2D eigenvalue weighted by molar-refractivity contribution is 0.0952. The highest BCUT2D eigenvalue weighted by atomic mass is 16.3. The van der Waals surface area contributed by atoms with Gasteiger partial charge in [0.05, 0.1) is 5.56 Å². The minimum Gasteiger partial charge on any atom is -0.494 e. The molecule has 0 saturated heterocycles. The topological polar surface area (TPSA) is 82.2 Å². The van der Waals surface area contributed by atoms with Crippen molar-refractivity contribution in [3.8, 4) is 5.88 Å². The summed E-state index contributed by atoms with van der Waals surface area (Å²) in [5.41, 5.74) is -0.317. The molecule has 1 rings (SSSR count). The highest BCUT2D eigenvalue weighted by molar-refractivity contribution is 5.94. The Labute approximate surface area is 87.1 Å². The van der Waals surface area contributed by atoms with Gasteiger partial charge < -0.3 is 10.4 Å². The van der Waals surface area contributed by atoms with Crippen LogP contribution in [0.5, 0.6) is 5.88 Å². The highest BCUT2D eigenvalue weighted by Gasteiger charge is 2.06. The van der Waals surface area contributed by atoms with Crippen molar-refractivity contribution in [2.75, 3.05) is 6.54 Å². The number of aromatic amines is 1. The summed E-state index contributed by atoms with van der Waals surface area (Å²) >= 11 is 0. The molecule has 3 N–H and O–H groups in total. The second-order valence-corrected chi connectivity index (χ2v) is 3.23. The van der Waals surface area contributed by atoms with Crippen molar-refractivity contribution >= 4 is 5.91 Å². The zero-order chi connectivity index (χ0) is 11.3. The number of H-pyrrole nitrogens is 1. The maximum Gasteiger partial charge on any atom is 0.251 e. The van der Waals surface area contributed by atoms with Crippen LogP contribution < -0.4 is 10.9 Å². The number of unbranched alkanes of at least 4 members (excludes halogenated alkanes) is 1. The van der Waals surface area contributed by atoms with E-state index in [1.54, 1.807) is 0 Å². The van der Waals surface area contributed by atoms with Gasteiger partial charge in [0.2, 0.25) is 0 Å². The van der Waals surface area contributed by atoms with E-state index in [9.17, 15) is 9.59 Å². The Morgan fingerprint density at radius 2 is 2.27 bits per heavy atom. The van der Waals surface area contributed by atoms with Crippen LogP contribution in [0.4, 0.5) is 0 Å². The number of hydrogen-bond donors (Lipinski definition) is 3. The smallest absolute Gasteiger partial charge is 0.251 e. The van der Waals surface area contributed by atoms with Crippen molar-refractivity contribution < 1.29 is 9.90 Å². The van der Waals surface area contributed by atoms with E-state index in [-0.39, 0.29) is 17.4 Å². The molecule has 1 aromatic rings. The van der Waals surface area contributed by atoms with Crippen LogP contribution in [-0.2, 0) is 0 Å². The third kappa shape index (κ3) is 3.46. The molecule has 1 amide bonds. The number of pyridine rings is 1. The molecule has 0 aliphatic rings. The largest absolute Gasteiger partial charge is 0.494 e. The van der Waals surface area contributed by atoms with Gasteiger partial charge in [-0.25, -0.2) is 0 Å². The Morgan fingerprint density at radius 1 is 1.53 bits per heavy atom. The van der Waals surface area contributed by atoms with Gasteiger partial charge in [0.25, 0.3) is 11.5 Å². The number of nitrogens with one attached hydrogen (secondary N) is 2. The Bertz CT molecular complexity index is 398. The fraction of sp³-hybridized carbons (Fsp3) is 0.400. The van der Waals surface area contributed by atoms with Gasteiger partial charge in [-0.1, -0.05) is 13.3 Å². The highest BCUT2D eigenvalue weighted by Crippen LogP contribution is 2.03. The SMILES string of the molecule is CCCCNC(=O)c1cc(O)[nH]c(=O)c1. The van der Waals surface area contributed by atoms with Gasteiger partial charge in [0.1, 0.15) is 0 Å². The average Bonchev–Trinajstić information content (AvgIpc) is 2.16. The predicted octanol–water partition coefficient (Wildman–Crippen LogP) is 0.610. The van der Waals surface area contributed by atoms with E-state index in [2.05, 4.69) is 10.3 Å². The molecule has 0 aliphatic carbocycles. The number of hydrogen-bond acceptors (Lipinski definition) is 3. The molecule has 0 bridgehead atoms. The van der Waals surface area contributed by atoms with Gasteiger partial charge in [-0.15, -0.1) is 0 Å². The Balaban J connectivity index is 2.69. The van der Waals surface area contributed by atoms with Crippen LogP contribution in [0.1, 0.15) is 30.1 Å². The molecule has 0 fully saturated rings. The maximum absolute atomic E-state index is 11.4. The number of carbonyl (C=O) groups excluding carboxylic acids is 1. The van der Waals surface area contributed by atoms with Crippen molar-refractivity contribution in [1.29, 1.82) is 0 Å². The first-order chi connectivity index (χ1) is 7.13. The Hall–Kier alpha value is -1.78. The molecular weight excluding hydrogens is 196 g/mol. The Kier molecular flexibility index (Phi) is 3.91. The molecule has 1 heterocycles. The van der Waals surface area contributed by atoms with Gasteiger partial charge in [-0.3, -0.25) is 14.6 Å². The molecule has 82 valence electrons. The van der Waals surface area contributed by atoms with E-state index in [4.69, 9.17) is 5.11 Å². The van der Waals surface area contributed by atoms with Crippen LogP contribution in [-0.4, -0.2) is 22.5 Å². The van der Waals surface area contributed by atoms with E-state index in [0.29, 0.717) is 6.54 Å². The van der Waals surface area contributed by atoms with E-state index in [0.717, 1.165) is 18.9 Å². The molecular formula is C10H14N2O3. The van der Waals surface area contributed by atoms with Gasteiger partial charge in [0.15, 0.2) is 5.88 Å². The first-order valence-corrected chi connectivity index (χ1v) is 4.85. The average molecular weight is 210 g/mol. The summed E-state index contributed by atoms with van der Waals surface area (Å²) in [6.45, 7) is 2.59. The van der Waals surface area contributed by atoms with Crippen LogP contribution >= 0.6 is 0 Å². The third-order valence-corrected chi connectivity index (χ3v) is 1.91. The second-order valence-electron chi connectivity index (χ2n) is 3.23.